The van der Waals surface area contributed by atoms with Gasteiger partial charge in [-0.3, -0.25) is 0 Å². The summed E-state index contributed by atoms with van der Waals surface area (Å²) in [6.45, 7) is 14.6. The van der Waals surface area contributed by atoms with Crippen LogP contribution in [0.1, 0.15) is 47.0 Å². The fraction of sp³-hybridized carbons (Fsp3) is 1.00. The van der Waals surface area contributed by atoms with Crippen molar-refractivity contribution in [1.82, 2.24) is 10.2 Å². The summed E-state index contributed by atoms with van der Waals surface area (Å²) in [5.74, 6) is 1.91. The van der Waals surface area contributed by atoms with Gasteiger partial charge < -0.3 is 10.2 Å². The quantitative estimate of drug-likeness (QED) is 0.796. The molecule has 0 bridgehead atoms. The molecule has 2 nitrogen and oxygen atoms in total. The van der Waals surface area contributed by atoms with E-state index in [-0.39, 0.29) is 0 Å². The Bertz CT molecular complexity index is 244. The van der Waals surface area contributed by atoms with E-state index in [9.17, 15) is 0 Å². The fourth-order valence-corrected chi connectivity index (χ4v) is 3.57. The maximum absolute atomic E-state index is 3.53. The topological polar surface area (TPSA) is 15.3 Å². The van der Waals surface area contributed by atoms with E-state index in [0.717, 1.165) is 11.8 Å². The Balaban J connectivity index is 1.77. The second kappa shape index (κ2) is 5.27. The lowest BCUT2D eigenvalue weighted by Gasteiger charge is -2.34. The molecular weight excluding hydrogens is 208 g/mol. The van der Waals surface area contributed by atoms with E-state index < -0.39 is 0 Å². The molecule has 17 heavy (non-hydrogen) atoms. The third kappa shape index (κ3) is 3.69. The Morgan fingerprint density at radius 1 is 1.24 bits per heavy atom. The zero-order chi connectivity index (χ0) is 12.5. The molecule has 100 valence electrons. The largest absolute Gasteiger partial charge is 0.312 e. The number of hydrogen-bond acceptors (Lipinski definition) is 2. The van der Waals surface area contributed by atoms with Gasteiger partial charge in [0.05, 0.1) is 0 Å². The highest BCUT2D eigenvalue weighted by Gasteiger charge is 2.33. The Morgan fingerprint density at radius 3 is 2.59 bits per heavy atom. The van der Waals surface area contributed by atoms with Gasteiger partial charge in [-0.1, -0.05) is 20.8 Å². The highest BCUT2D eigenvalue weighted by Crippen LogP contribution is 2.42. The number of rotatable bonds is 2. The molecule has 1 aliphatic carbocycles. The molecule has 0 aromatic heterocycles. The molecule has 2 fully saturated rings. The molecule has 0 radical (unpaired) electrons. The van der Waals surface area contributed by atoms with Gasteiger partial charge in [-0.05, 0) is 43.4 Å². The van der Waals surface area contributed by atoms with Crippen LogP contribution in [0.2, 0.25) is 0 Å². The molecular formula is C15H30N2. The summed E-state index contributed by atoms with van der Waals surface area (Å²) >= 11 is 0. The lowest BCUT2D eigenvalue weighted by atomic mass is 9.79. The summed E-state index contributed by atoms with van der Waals surface area (Å²) in [6, 6.07) is 0.684. The molecule has 0 amide bonds. The van der Waals surface area contributed by atoms with Crippen molar-refractivity contribution in [3.63, 3.8) is 0 Å². The van der Waals surface area contributed by atoms with Gasteiger partial charge in [-0.25, -0.2) is 0 Å². The van der Waals surface area contributed by atoms with Crippen molar-refractivity contribution in [2.75, 3.05) is 26.2 Å². The summed E-state index contributed by atoms with van der Waals surface area (Å²) in [6.07, 6.45) is 4.37. The summed E-state index contributed by atoms with van der Waals surface area (Å²) < 4.78 is 0. The molecule has 1 heterocycles. The molecule has 2 aliphatic rings. The summed E-state index contributed by atoms with van der Waals surface area (Å²) in [4.78, 5) is 2.68. The average molecular weight is 238 g/mol. The van der Waals surface area contributed by atoms with Gasteiger partial charge in [-0.15, -0.1) is 0 Å². The van der Waals surface area contributed by atoms with Gasteiger partial charge in [0, 0.05) is 32.2 Å². The summed E-state index contributed by atoms with van der Waals surface area (Å²) in [5, 5.41) is 3.53. The van der Waals surface area contributed by atoms with E-state index >= 15 is 0 Å². The van der Waals surface area contributed by atoms with Gasteiger partial charge in [-0.2, -0.15) is 0 Å². The molecule has 3 unspecified atom stereocenters. The van der Waals surface area contributed by atoms with E-state index in [4.69, 9.17) is 0 Å². The first-order valence-electron chi connectivity index (χ1n) is 7.41. The van der Waals surface area contributed by atoms with Crippen molar-refractivity contribution in [3.05, 3.63) is 0 Å². The molecule has 0 spiro atoms. The average Bonchev–Trinajstić information content (AvgIpc) is 2.65. The predicted molar refractivity (Wildman–Crippen MR) is 74.2 cm³/mol. The third-order valence-electron chi connectivity index (χ3n) is 4.74. The minimum absolute atomic E-state index is 0.519. The van der Waals surface area contributed by atoms with Crippen LogP contribution in [-0.2, 0) is 0 Å². The van der Waals surface area contributed by atoms with E-state index in [1.165, 1.54) is 45.4 Å². The van der Waals surface area contributed by atoms with E-state index in [2.05, 4.69) is 37.9 Å². The van der Waals surface area contributed by atoms with Crippen LogP contribution in [0.3, 0.4) is 0 Å². The first kappa shape index (κ1) is 13.4. The summed E-state index contributed by atoms with van der Waals surface area (Å²) in [5.41, 5.74) is 0.519. The molecule has 2 rings (SSSR count). The molecule has 1 aliphatic heterocycles. The maximum atomic E-state index is 3.53. The first-order chi connectivity index (χ1) is 7.95. The van der Waals surface area contributed by atoms with Crippen LogP contribution in [0.15, 0.2) is 0 Å². The van der Waals surface area contributed by atoms with Crippen molar-refractivity contribution in [1.29, 1.82) is 0 Å². The zero-order valence-corrected chi connectivity index (χ0v) is 12.1. The van der Waals surface area contributed by atoms with E-state index in [1.807, 2.05) is 0 Å². The number of nitrogens with zero attached hydrogens (tertiary/aromatic N) is 1. The van der Waals surface area contributed by atoms with Crippen LogP contribution < -0.4 is 5.32 Å². The zero-order valence-electron chi connectivity index (χ0n) is 12.1. The van der Waals surface area contributed by atoms with Crippen molar-refractivity contribution >= 4 is 0 Å². The highest BCUT2D eigenvalue weighted by atomic mass is 15.2. The minimum Gasteiger partial charge on any atom is -0.312 e. The SMILES string of the molecule is CC1CN(CC2CCC(C(C)(C)C)C2)CCN1. The Morgan fingerprint density at radius 2 is 2.00 bits per heavy atom. The van der Waals surface area contributed by atoms with Crippen LogP contribution in [0.25, 0.3) is 0 Å². The van der Waals surface area contributed by atoms with Crippen LogP contribution in [0.5, 0.6) is 0 Å². The highest BCUT2D eigenvalue weighted by molar-refractivity contribution is 4.86. The lowest BCUT2D eigenvalue weighted by molar-refractivity contribution is 0.171. The van der Waals surface area contributed by atoms with Gasteiger partial charge in [0.1, 0.15) is 0 Å². The normalized spacial score (nSPS) is 36.4. The first-order valence-corrected chi connectivity index (χ1v) is 7.41. The molecule has 1 saturated carbocycles. The molecule has 3 atom stereocenters. The predicted octanol–water partition coefficient (Wildman–Crippen LogP) is 2.74. The van der Waals surface area contributed by atoms with Crippen molar-refractivity contribution in [3.8, 4) is 0 Å². The Hall–Kier alpha value is -0.0800. The molecule has 1 saturated heterocycles. The van der Waals surface area contributed by atoms with Gasteiger partial charge >= 0.3 is 0 Å². The van der Waals surface area contributed by atoms with E-state index in [1.54, 1.807) is 0 Å². The van der Waals surface area contributed by atoms with Gasteiger partial charge in [0.15, 0.2) is 0 Å². The van der Waals surface area contributed by atoms with Crippen molar-refractivity contribution in [2.24, 2.45) is 17.3 Å². The second-order valence-electron chi connectivity index (χ2n) is 7.36. The van der Waals surface area contributed by atoms with Crippen LogP contribution in [0.4, 0.5) is 0 Å². The number of piperazine rings is 1. The minimum atomic E-state index is 0.519. The lowest BCUT2D eigenvalue weighted by Crippen LogP contribution is -2.50. The third-order valence-corrected chi connectivity index (χ3v) is 4.74. The number of hydrogen-bond donors (Lipinski definition) is 1. The Kier molecular flexibility index (Phi) is 4.14. The van der Waals surface area contributed by atoms with Crippen LogP contribution >= 0.6 is 0 Å². The molecule has 1 N–H and O–H groups in total. The van der Waals surface area contributed by atoms with Crippen LogP contribution in [-0.4, -0.2) is 37.1 Å². The number of nitrogens with one attached hydrogen (secondary N) is 1. The molecule has 0 aromatic carbocycles. The summed E-state index contributed by atoms with van der Waals surface area (Å²) in [7, 11) is 0. The van der Waals surface area contributed by atoms with Crippen LogP contribution in [0, 0.1) is 17.3 Å². The van der Waals surface area contributed by atoms with Crippen molar-refractivity contribution in [2.45, 2.75) is 53.0 Å². The smallest absolute Gasteiger partial charge is 0.0167 e. The Labute approximate surface area is 107 Å². The standard InChI is InChI=1S/C15H30N2/c1-12-10-17(8-7-16-12)11-13-5-6-14(9-13)15(2,3)4/h12-14,16H,5-11H2,1-4H3. The second-order valence-corrected chi connectivity index (χ2v) is 7.36. The maximum Gasteiger partial charge on any atom is 0.0167 e. The monoisotopic (exact) mass is 238 g/mol. The van der Waals surface area contributed by atoms with Gasteiger partial charge in [0.25, 0.3) is 0 Å². The van der Waals surface area contributed by atoms with E-state index in [0.29, 0.717) is 11.5 Å². The molecule has 0 aromatic rings. The van der Waals surface area contributed by atoms with Crippen molar-refractivity contribution < 1.29 is 0 Å². The fourth-order valence-electron chi connectivity index (χ4n) is 3.57. The van der Waals surface area contributed by atoms with Gasteiger partial charge in [0.2, 0.25) is 0 Å². The molecule has 2 heteroatoms.